The summed E-state index contributed by atoms with van der Waals surface area (Å²) in [5.41, 5.74) is 6.25. The molecule has 2 aliphatic rings. The molecule has 22 heavy (non-hydrogen) atoms. The van der Waals surface area contributed by atoms with E-state index in [0.717, 1.165) is 12.1 Å². The van der Waals surface area contributed by atoms with E-state index in [1.54, 1.807) is 0 Å². The number of nitrogens with zero attached hydrogens (tertiary/aromatic N) is 3. The second-order valence-corrected chi connectivity index (χ2v) is 6.22. The van der Waals surface area contributed by atoms with Gasteiger partial charge in [-0.05, 0) is 54.3 Å². The summed E-state index contributed by atoms with van der Waals surface area (Å²) in [6, 6.07) is 13.8. The van der Waals surface area contributed by atoms with Gasteiger partial charge in [0.05, 0.1) is 16.9 Å². The van der Waals surface area contributed by atoms with Gasteiger partial charge in [-0.1, -0.05) is 6.07 Å². The topological polar surface area (TPSA) is 32.6 Å². The first-order valence-corrected chi connectivity index (χ1v) is 7.97. The smallest absolute Gasteiger partial charge is 0.0667 e. The molecule has 5 rings (SSSR count). The van der Waals surface area contributed by atoms with Crippen LogP contribution in [0.25, 0.3) is 16.6 Å². The van der Waals surface area contributed by atoms with Crippen LogP contribution in [0.1, 0.15) is 12.8 Å². The van der Waals surface area contributed by atoms with Crippen molar-refractivity contribution in [3.63, 3.8) is 0 Å². The molecule has 0 spiro atoms. The van der Waals surface area contributed by atoms with E-state index >= 15 is 0 Å². The van der Waals surface area contributed by atoms with Gasteiger partial charge in [-0.25, -0.2) is 4.52 Å². The number of aromatic nitrogens is 2. The number of benzene rings is 1. The van der Waals surface area contributed by atoms with Crippen molar-refractivity contribution in [2.45, 2.75) is 18.9 Å². The molecule has 1 unspecified atom stereocenters. The van der Waals surface area contributed by atoms with Crippen LogP contribution in [-0.4, -0.2) is 28.7 Å². The number of pyridine rings is 1. The SMILES string of the molecule is c1cc2cc(-c3ccc4c(c3)NCC3CCCN43)ccn2n1. The lowest BCUT2D eigenvalue weighted by molar-refractivity contribution is 0.683. The average molecular weight is 290 g/mol. The van der Waals surface area contributed by atoms with Crippen LogP contribution < -0.4 is 10.2 Å². The third-order valence-corrected chi connectivity index (χ3v) is 4.94. The molecular weight excluding hydrogens is 272 g/mol. The predicted molar refractivity (Wildman–Crippen MR) is 89.5 cm³/mol. The zero-order chi connectivity index (χ0) is 14.5. The summed E-state index contributed by atoms with van der Waals surface area (Å²) in [5, 5.41) is 7.87. The molecule has 1 atom stereocenters. The van der Waals surface area contributed by atoms with Gasteiger partial charge in [0.1, 0.15) is 0 Å². The predicted octanol–water partition coefficient (Wildman–Crippen LogP) is 3.40. The molecule has 4 heterocycles. The van der Waals surface area contributed by atoms with Crippen LogP contribution in [0.4, 0.5) is 11.4 Å². The maximum absolute atomic E-state index is 4.26. The summed E-state index contributed by atoms with van der Waals surface area (Å²) in [6.07, 6.45) is 6.48. The summed E-state index contributed by atoms with van der Waals surface area (Å²) in [5.74, 6) is 0. The van der Waals surface area contributed by atoms with Crippen molar-refractivity contribution in [2.24, 2.45) is 0 Å². The van der Waals surface area contributed by atoms with Crippen LogP contribution in [-0.2, 0) is 0 Å². The van der Waals surface area contributed by atoms with E-state index in [-0.39, 0.29) is 0 Å². The lowest BCUT2D eigenvalue weighted by Crippen LogP contribution is -2.39. The molecule has 0 bridgehead atoms. The molecule has 4 heteroatoms. The molecular formula is C18H18N4. The molecule has 1 aromatic carbocycles. The van der Waals surface area contributed by atoms with Crippen molar-refractivity contribution in [3.8, 4) is 11.1 Å². The Bertz CT molecular complexity index is 851. The van der Waals surface area contributed by atoms with Crippen molar-refractivity contribution < 1.29 is 0 Å². The number of fused-ring (bicyclic) bond motifs is 4. The van der Waals surface area contributed by atoms with Crippen LogP contribution in [0.15, 0.2) is 48.8 Å². The minimum atomic E-state index is 0.682. The maximum Gasteiger partial charge on any atom is 0.0667 e. The molecule has 0 saturated carbocycles. The quantitative estimate of drug-likeness (QED) is 0.745. The van der Waals surface area contributed by atoms with Gasteiger partial charge in [0, 0.05) is 31.5 Å². The summed E-state index contributed by atoms with van der Waals surface area (Å²) < 4.78 is 1.90. The Balaban J connectivity index is 1.58. The monoisotopic (exact) mass is 290 g/mol. The third kappa shape index (κ3) is 1.73. The van der Waals surface area contributed by atoms with Crippen LogP contribution in [0.3, 0.4) is 0 Å². The molecule has 0 amide bonds. The molecule has 0 radical (unpaired) electrons. The molecule has 2 aliphatic heterocycles. The Morgan fingerprint density at radius 1 is 1.09 bits per heavy atom. The first-order valence-electron chi connectivity index (χ1n) is 7.97. The van der Waals surface area contributed by atoms with Crippen molar-refractivity contribution >= 4 is 16.9 Å². The fourth-order valence-electron chi connectivity index (χ4n) is 3.80. The fraction of sp³-hybridized carbons (Fsp3) is 0.278. The lowest BCUT2D eigenvalue weighted by Gasteiger charge is -2.34. The van der Waals surface area contributed by atoms with Crippen molar-refractivity contribution in [1.29, 1.82) is 0 Å². The van der Waals surface area contributed by atoms with Gasteiger partial charge in [0.25, 0.3) is 0 Å². The van der Waals surface area contributed by atoms with E-state index < -0.39 is 0 Å². The van der Waals surface area contributed by atoms with E-state index in [9.17, 15) is 0 Å². The van der Waals surface area contributed by atoms with Gasteiger partial charge < -0.3 is 10.2 Å². The first kappa shape index (κ1) is 12.1. The third-order valence-electron chi connectivity index (χ3n) is 4.94. The Morgan fingerprint density at radius 2 is 2.05 bits per heavy atom. The maximum atomic E-state index is 4.26. The summed E-state index contributed by atoms with van der Waals surface area (Å²) in [6.45, 7) is 2.26. The van der Waals surface area contributed by atoms with E-state index in [0.29, 0.717) is 6.04 Å². The molecule has 1 N–H and O–H groups in total. The number of hydrogen-bond donors (Lipinski definition) is 1. The highest BCUT2D eigenvalue weighted by Crippen LogP contribution is 2.38. The highest BCUT2D eigenvalue weighted by Gasteiger charge is 2.29. The van der Waals surface area contributed by atoms with Crippen LogP contribution >= 0.6 is 0 Å². The molecule has 4 nitrogen and oxygen atoms in total. The van der Waals surface area contributed by atoms with Gasteiger partial charge in [0.15, 0.2) is 0 Å². The summed E-state index contributed by atoms with van der Waals surface area (Å²) in [4.78, 5) is 2.57. The van der Waals surface area contributed by atoms with Crippen molar-refractivity contribution in [2.75, 3.05) is 23.3 Å². The van der Waals surface area contributed by atoms with Crippen LogP contribution in [0.2, 0.25) is 0 Å². The van der Waals surface area contributed by atoms with Gasteiger partial charge in [0.2, 0.25) is 0 Å². The number of rotatable bonds is 1. The molecule has 1 fully saturated rings. The fourth-order valence-corrected chi connectivity index (χ4v) is 3.80. The molecule has 1 saturated heterocycles. The highest BCUT2D eigenvalue weighted by atomic mass is 15.2. The van der Waals surface area contributed by atoms with Gasteiger partial charge in [-0.15, -0.1) is 0 Å². The first-order chi connectivity index (χ1) is 10.9. The Labute approximate surface area is 129 Å². The Kier molecular flexibility index (Phi) is 2.47. The highest BCUT2D eigenvalue weighted by molar-refractivity contribution is 5.81. The molecule has 2 aromatic heterocycles. The standard InChI is InChI=1S/C18H18N4/c1-2-16-12-19-17-11-13(3-4-18(17)21(16)8-1)14-6-9-22-15(10-14)5-7-20-22/h3-7,9-11,16,19H,1-2,8,12H2. The minimum absolute atomic E-state index is 0.682. The normalized spacial score (nSPS) is 19.8. The van der Waals surface area contributed by atoms with Gasteiger partial charge >= 0.3 is 0 Å². The van der Waals surface area contributed by atoms with Gasteiger partial charge in [-0.2, -0.15) is 5.10 Å². The largest absolute Gasteiger partial charge is 0.381 e. The second-order valence-electron chi connectivity index (χ2n) is 6.22. The Morgan fingerprint density at radius 3 is 3.05 bits per heavy atom. The molecule has 0 aliphatic carbocycles. The van der Waals surface area contributed by atoms with Gasteiger partial charge in [-0.3, -0.25) is 0 Å². The summed E-state index contributed by atoms with van der Waals surface area (Å²) >= 11 is 0. The second kappa shape index (κ2) is 4.50. The molecule has 3 aromatic rings. The zero-order valence-corrected chi connectivity index (χ0v) is 12.4. The Hall–Kier alpha value is -2.49. The zero-order valence-electron chi connectivity index (χ0n) is 12.4. The molecule has 110 valence electrons. The van der Waals surface area contributed by atoms with E-state index in [1.807, 2.05) is 23.0 Å². The van der Waals surface area contributed by atoms with Crippen LogP contribution in [0.5, 0.6) is 0 Å². The lowest BCUT2D eigenvalue weighted by atomic mass is 10.0. The number of nitrogens with one attached hydrogen (secondary N) is 1. The van der Waals surface area contributed by atoms with Crippen molar-refractivity contribution in [1.82, 2.24) is 9.61 Å². The van der Waals surface area contributed by atoms with E-state index in [4.69, 9.17) is 0 Å². The number of anilines is 2. The van der Waals surface area contributed by atoms with Crippen LogP contribution in [0, 0.1) is 0 Å². The van der Waals surface area contributed by atoms with Crippen molar-refractivity contribution in [3.05, 3.63) is 48.8 Å². The summed E-state index contributed by atoms with van der Waals surface area (Å²) in [7, 11) is 0. The van der Waals surface area contributed by atoms with E-state index in [2.05, 4.69) is 45.6 Å². The van der Waals surface area contributed by atoms with E-state index in [1.165, 1.54) is 41.9 Å². The minimum Gasteiger partial charge on any atom is -0.381 e. The number of hydrogen-bond acceptors (Lipinski definition) is 3. The average Bonchev–Trinajstić information content (AvgIpc) is 3.22.